The van der Waals surface area contributed by atoms with Crippen LogP contribution in [-0.4, -0.2) is 19.5 Å². The van der Waals surface area contributed by atoms with Gasteiger partial charge >= 0.3 is 0 Å². The summed E-state index contributed by atoms with van der Waals surface area (Å²) in [5, 5.41) is 2.35. The molecule has 52 heavy (non-hydrogen) atoms. The van der Waals surface area contributed by atoms with Crippen LogP contribution < -0.4 is 0 Å². The molecular formula is C48H34N4. The Morgan fingerprint density at radius 2 is 0.923 bits per heavy atom. The van der Waals surface area contributed by atoms with Crippen LogP contribution in [0.3, 0.4) is 0 Å². The van der Waals surface area contributed by atoms with Gasteiger partial charge in [0.25, 0.3) is 0 Å². The SMILES string of the molecule is CC1(C)c2ccccc2-c2cc3c4ccccc4n(-c4nc(-c5cccc(-c6ccccc6)c5)nc(-c5cccc(-c6ccccc6)c5)n4)c3cc21. The summed E-state index contributed by atoms with van der Waals surface area (Å²) in [6, 6.07) is 60.1. The van der Waals surface area contributed by atoms with Crippen LogP contribution in [0.15, 0.2) is 170 Å². The van der Waals surface area contributed by atoms with Gasteiger partial charge in [-0.15, -0.1) is 0 Å². The molecule has 0 amide bonds. The van der Waals surface area contributed by atoms with Crippen LogP contribution in [0.2, 0.25) is 0 Å². The fourth-order valence-corrected chi connectivity index (χ4v) is 8.04. The molecule has 0 radical (unpaired) electrons. The molecule has 246 valence electrons. The maximum atomic E-state index is 5.30. The second-order valence-corrected chi connectivity index (χ2v) is 14.1. The van der Waals surface area contributed by atoms with Crippen molar-refractivity contribution in [2.75, 3.05) is 0 Å². The molecule has 0 saturated carbocycles. The number of fused-ring (bicyclic) bond motifs is 6. The van der Waals surface area contributed by atoms with Gasteiger partial charge in [-0.3, -0.25) is 4.57 Å². The first-order valence-corrected chi connectivity index (χ1v) is 17.8. The summed E-state index contributed by atoms with van der Waals surface area (Å²) in [6.45, 7) is 4.66. The highest BCUT2D eigenvalue weighted by Crippen LogP contribution is 2.51. The Labute approximate surface area is 302 Å². The van der Waals surface area contributed by atoms with Crippen LogP contribution in [0, 0.1) is 0 Å². The molecule has 2 heterocycles. The van der Waals surface area contributed by atoms with Crippen molar-refractivity contribution in [3.05, 3.63) is 181 Å². The van der Waals surface area contributed by atoms with Crippen molar-refractivity contribution in [3.63, 3.8) is 0 Å². The second-order valence-electron chi connectivity index (χ2n) is 14.1. The van der Waals surface area contributed by atoms with Crippen molar-refractivity contribution in [2.45, 2.75) is 19.3 Å². The number of para-hydroxylation sites is 1. The third-order valence-electron chi connectivity index (χ3n) is 10.7. The number of rotatable bonds is 5. The Balaban J connectivity index is 1.24. The van der Waals surface area contributed by atoms with Crippen molar-refractivity contribution < 1.29 is 0 Å². The summed E-state index contributed by atoms with van der Waals surface area (Å²) >= 11 is 0. The van der Waals surface area contributed by atoms with Crippen molar-refractivity contribution in [2.24, 2.45) is 0 Å². The maximum Gasteiger partial charge on any atom is 0.238 e. The normalized spacial score (nSPS) is 13.0. The summed E-state index contributed by atoms with van der Waals surface area (Å²) < 4.78 is 2.24. The van der Waals surface area contributed by atoms with Crippen molar-refractivity contribution in [1.82, 2.24) is 19.5 Å². The molecule has 4 nitrogen and oxygen atoms in total. The Morgan fingerprint density at radius 3 is 1.58 bits per heavy atom. The minimum absolute atomic E-state index is 0.146. The number of aromatic nitrogens is 4. The Hall–Kier alpha value is -6.65. The van der Waals surface area contributed by atoms with E-state index in [2.05, 4.69) is 176 Å². The van der Waals surface area contributed by atoms with Crippen LogP contribution in [0.25, 0.3) is 83.9 Å². The van der Waals surface area contributed by atoms with Crippen LogP contribution >= 0.6 is 0 Å². The van der Waals surface area contributed by atoms with Gasteiger partial charge in [0.2, 0.25) is 5.95 Å². The van der Waals surface area contributed by atoms with E-state index in [9.17, 15) is 0 Å². The molecule has 0 bridgehead atoms. The Bertz CT molecular complexity index is 2710. The van der Waals surface area contributed by atoms with Gasteiger partial charge in [-0.25, -0.2) is 4.98 Å². The minimum Gasteiger partial charge on any atom is -0.278 e. The molecule has 10 rings (SSSR count). The molecule has 0 spiro atoms. The zero-order valence-electron chi connectivity index (χ0n) is 29.0. The van der Waals surface area contributed by atoms with Gasteiger partial charge in [-0.2, -0.15) is 9.97 Å². The summed E-state index contributed by atoms with van der Waals surface area (Å²) in [4.78, 5) is 15.8. The summed E-state index contributed by atoms with van der Waals surface area (Å²) in [5.41, 5.74) is 13.7. The predicted octanol–water partition coefficient (Wildman–Crippen LogP) is 11.9. The number of benzene rings is 7. The van der Waals surface area contributed by atoms with E-state index >= 15 is 0 Å². The molecule has 0 N–H and O–H groups in total. The minimum atomic E-state index is -0.146. The lowest BCUT2D eigenvalue weighted by Gasteiger charge is -2.21. The van der Waals surface area contributed by atoms with Crippen molar-refractivity contribution in [1.29, 1.82) is 0 Å². The van der Waals surface area contributed by atoms with E-state index in [1.54, 1.807) is 0 Å². The smallest absolute Gasteiger partial charge is 0.238 e. The molecular weight excluding hydrogens is 633 g/mol. The Kier molecular flexibility index (Phi) is 6.80. The summed E-state index contributed by atoms with van der Waals surface area (Å²) in [7, 11) is 0. The monoisotopic (exact) mass is 666 g/mol. The van der Waals surface area contributed by atoms with Crippen molar-refractivity contribution >= 4 is 21.8 Å². The number of nitrogens with zero attached hydrogens (tertiary/aromatic N) is 4. The average Bonchev–Trinajstić information content (AvgIpc) is 3.65. The predicted molar refractivity (Wildman–Crippen MR) is 213 cm³/mol. The zero-order valence-corrected chi connectivity index (χ0v) is 29.0. The first-order chi connectivity index (χ1) is 25.5. The number of hydrogen-bond donors (Lipinski definition) is 0. The molecule has 4 heteroatoms. The van der Waals surface area contributed by atoms with Crippen molar-refractivity contribution in [3.8, 4) is 62.1 Å². The van der Waals surface area contributed by atoms with Crippen LogP contribution in [0.5, 0.6) is 0 Å². The van der Waals surface area contributed by atoms with E-state index in [0.29, 0.717) is 17.6 Å². The fraction of sp³-hybridized carbons (Fsp3) is 0.0625. The highest BCUT2D eigenvalue weighted by Gasteiger charge is 2.36. The van der Waals surface area contributed by atoms with Crippen LogP contribution in [-0.2, 0) is 5.41 Å². The molecule has 0 saturated heterocycles. The van der Waals surface area contributed by atoms with Gasteiger partial charge in [0, 0.05) is 27.3 Å². The topological polar surface area (TPSA) is 43.6 Å². The molecule has 7 aromatic carbocycles. The largest absolute Gasteiger partial charge is 0.278 e. The van der Waals surface area contributed by atoms with Crippen LogP contribution in [0.1, 0.15) is 25.0 Å². The van der Waals surface area contributed by atoms with Gasteiger partial charge in [0.05, 0.1) is 11.0 Å². The van der Waals surface area contributed by atoms with Gasteiger partial charge in [0.1, 0.15) is 0 Å². The van der Waals surface area contributed by atoms with E-state index in [0.717, 1.165) is 44.4 Å². The molecule has 0 atom stereocenters. The molecule has 1 aliphatic rings. The van der Waals surface area contributed by atoms with Gasteiger partial charge in [-0.05, 0) is 74.8 Å². The van der Waals surface area contributed by atoms with E-state index in [4.69, 9.17) is 15.0 Å². The third-order valence-corrected chi connectivity index (χ3v) is 10.7. The summed E-state index contributed by atoms with van der Waals surface area (Å²) in [6.07, 6.45) is 0. The van der Waals surface area contributed by atoms with Gasteiger partial charge < -0.3 is 0 Å². The summed E-state index contributed by atoms with van der Waals surface area (Å²) in [5.74, 6) is 1.85. The zero-order chi connectivity index (χ0) is 34.8. The molecule has 9 aromatic rings. The van der Waals surface area contributed by atoms with Gasteiger partial charge in [-0.1, -0.05) is 153 Å². The lowest BCUT2D eigenvalue weighted by atomic mass is 9.82. The Morgan fingerprint density at radius 1 is 0.385 bits per heavy atom. The first-order valence-electron chi connectivity index (χ1n) is 17.8. The van der Waals surface area contributed by atoms with Gasteiger partial charge in [0.15, 0.2) is 11.6 Å². The molecule has 0 aliphatic heterocycles. The lowest BCUT2D eigenvalue weighted by molar-refractivity contribution is 0.661. The highest BCUT2D eigenvalue weighted by atomic mass is 15.2. The van der Waals surface area contributed by atoms with E-state index in [1.807, 2.05) is 12.1 Å². The van der Waals surface area contributed by atoms with Crippen LogP contribution in [0.4, 0.5) is 0 Å². The quantitative estimate of drug-likeness (QED) is 0.184. The molecule has 2 aromatic heterocycles. The van der Waals surface area contributed by atoms with E-state index in [1.165, 1.54) is 33.0 Å². The molecule has 1 aliphatic carbocycles. The third kappa shape index (κ3) is 4.79. The highest BCUT2D eigenvalue weighted by molar-refractivity contribution is 6.11. The molecule has 0 unspecified atom stereocenters. The molecule has 0 fully saturated rings. The fourth-order valence-electron chi connectivity index (χ4n) is 8.04. The first kappa shape index (κ1) is 30.2. The standard InChI is InChI=1S/C48H34N4/c1-48(2)41-25-11-9-23-37(41)39-29-40-38-24-10-12-26-43(38)52(44(40)30-42(39)48)47-50-45(35-21-13-19-33(27-35)31-15-5-3-6-16-31)49-46(51-47)36-22-14-20-34(28-36)32-17-7-4-8-18-32/h3-30H,1-2H3. The average molecular weight is 667 g/mol. The lowest BCUT2D eigenvalue weighted by Crippen LogP contribution is -2.15. The second kappa shape index (κ2) is 11.7. The number of hydrogen-bond acceptors (Lipinski definition) is 3. The van der Waals surface area contributed by atoms with E-state index in [-0.39, 0.29) is 5.41 Å². The maximum absolute atomic E-state index is 5.30. The van der Waals surface area contributed by atoms with E-state index < -0.39 is 0 Å².